The van der Waals surface area contributed by atoms with Crippen LogP contribution in [0.5, 0.6) is 5.75 Å². The molecule has 1 aliphatic heterocycles. The fraction of sp³-hybridized carbons (Fsp3) is 0.414. The van der Waals surface area contributed by atoms with Crippen LogP contribution in [-0.2, 0) is 27.8 Å². The van der Waals surface area contributed by atoms with Crippen LogP contribution in [-0.4, -0.2) is 47.8 Å². The van der Waals surface area contributed by atoms with Crippen molar-refractivity contribution in [2.75, 3.05) is 18.0 Å². The number of nitrogens with zero attached hydrogens (tertiary/aromatic N) is 5. The summed E-state index contributed by atoms with van der Waals surface area (Å²) >= 11 is 0. The molecule has 6 rings (SSSR count). The van der Waals surface area contributed by atoms with Gasteiger partial charge in [0, 0.05) is 18.9 Å². The molecule has 204 valence electrons. The lowest BCUT2D eigenvalue weighted by atomic mass is 9.93. The SMILES string of the molecule is CCC1CC(OCc2ccc(OC)cc2)CC1c1nnc2cnc3c(n12)CCN3S(=O)(=O)c1ccc(C)cc1. The summed E-state index contributed by atoms with van der Waals surface area (Å²) in [7, 11) is -2.06. The zero-order chi connectivity index (χ0) is 27.1. The third-order valence-electron chi connectivity index (χ3n) is 8.09. The molecule has 0 N–H and O–H groups in total. The summed E-state index contributed by atoms with van der Waals surface area (Å²) in [6, 6.07) is 14.9. The normalized spacial score (nSPS) is 21.0. The van der Waals surface area contributed by atoms with E-state index >= 15 is 0 Å². The first-order valence-electron chi connectivity index (χ1n) is 13.5. The van der Waals surface area contributed by atoms with Crippen LogP contribution in [0.3, 0.4) is 0 Å². The molecule has 3 atom stereocenters. The fourth-order valence-corrected chi connectivity index (χ4v) is 7.38. The number of hydrogen-bond donors (Lipinski definition) is 0. The van der Waals surface area contributed by atoms with Gasteiger partial charge in [0.05, 0.1) is 36.6 Å². The molecule has 1 saturated carbocycles. The number of aryl methyl sites for hydroxylation is 1. The quantitative estimate of drug-likeness (QED) is 0.316. The van der Waals surface area contributed by atoms with Crippen molar-refractivity contribution in [1.29, 1.82) is 0 Å². The molecular formula is C29H33N5O4S. The Bertz CT molecular complexity index is 1580. The number of aromatic nitrogens is 4. The lowest BCUT2D eigenvalue weighted by molar-refractivity contribution is 0.0422. The topological polar surface area (TPSA) is 98.9 Å². The van der Waals surface area contributed by atoms with E-state index in [1.807, 2.05) is 47.7 Å². The van der Waals surface area contributed by atoms with Crippen LogP contribution < -0.4 is 9.04 Å². The van der Waals surface area contributed by atoms with Crippen LogP contribution in [0.2, 0.25) is 0 Å². The van der Waals surface area contributed by atoms with Crippen LogP contribution >= 0.6 is 0 Å². The van der Waals surface area contributed by atoms with E-state index in [9.17, 15) is 8.42 Å². The van der Waals surface area contributed by atoms with Crippen LogP contribution in [0.25, 0.3) is 5.65 Å². The second-order valence-electron chi connectivity index (χ2n) is 10.4. The molecule has 9 nitrogen and oxygen atoms in total. The van der Waals surface area contributed by atoms with Gasteiger partial charge >= 0.3 is 0 Å². The molecular weight excluding hydrogens is 514 g/mol. The molecule has 2 aromatic heterocycles. The molecule has 3 heterocycles. The van der Waals surface area contributed by atoms with Crippen molar-refractivity contribution >= 4 is 21.5 Å². The van der Waals surface area contributed by atoms with Crippen molar-refractivity contribution in [3.63, 3.8) is 0 Å². The summed E-state index contributed by atoms with van der Waals surface area (Å²) in [4.78, 5) is 4.81. The Morgan fingerprint density at radius 3 is 2.51 bits per heavy atom. The predicted molar refractivity (Wildman–Crippen MR) is 148 cm³/mol. The van der Waals surface area contributed by atoms with Gasteiger partial charge in [-0.25, -0.2) is 17.7 Å². The van der Waals surface area contributed by atoms with Crippen LogP contribution in [0.4, 0.5) is 5.82 Å². The second kappa shape index (κ2) is 10.2. The third-order valence-corrected chi connectivity index (χ3v) is 9.90. The van der Waals surface area contributed by atoms with Gasteiger partial charge in [-0.15, -0.1) is 10.2 Å². The average molecular weight is 548 g/mol. The highest BCUT2D eigenvalue weighted by Crippen LogP contribution is 2.43. The van der Waals surface area contributed by atoms with E-state index in [0.29, 0.717) is 37.0 Å². The number of benzene rings is 2. The molecule has 2 aliphatic rings. The summed E-state index contributed by atoms with van der Waals surface area (Å²) in [5, 5.41) is 9.04. The monoisotopic (exact) mass is 547 g/mol. The minimum absolute atomic E-state index is 0.114. The fourth-order valence-electron chi connectivity index (χ4n) is 5.93. The minimum Gasteiger partial charge on any atom is -0.497 e. The molecule has 1 fully saturated rings. The summed E-state index contributed by atoms with van der Waals surface area (Å²) in [6.07, 6.45) is 5.10. The molecule has 0 amide bonds. The van der Waals surface area contributed by atoms with Crippen molar-refractivity contribution in [1.82, 2.24) is 19.6 Å². The van der Waals surface area contributed by atoms with Gasteiger partial charge < -0.3 is 9.47 Å². The van der Waals surface area contributed by atoms with Crippen LogP contribution in [0, 0.1) is 12.8 Å². The Morgan fingerprint density at radius 2 is 1.79 bits per heavy atom. The van der Waals surface area contributed by atoms with Gasteiger partial charge in [-0.05, 0) is 55.5 Å². The molecule has 3 unspecified atom stereocenters. The minimum atomic E-state index is -3.73. The summed E-state index contributed by atoms with van der Waals surface area (Å²) in [5.41, 5.74) is 3.62. The maximum Gasteiger partial charge on any atom is 0.265 e. The standard InChI is InChI=1S/C29H33N5O4S/c1-4-21-15-23(38-18-20-7-9-22(37-3)10-8-20)16-25(21)28-32-31-27-17-30-29-26(34(27)28)13-14-33(29)39(35,36)24-11-5-19(2)6-12-24/h5-12,17,21,23,25H,4,13-16,18H2,1-3H3. The van der Waals surface area contributed by atoms with E-state index in [1.165, 1.54) is 4.31 Å². The zero-order valence-corrected chi connectivity index (χ0v) is 23.3. The first-order chi connectivity index (χ1) is 18.9. The highest BCUT2D eigenvalue weighted by molar-refractivity contribution is 7.92. The Kier molecular flexibility index (Phi) is 6.76. The highest BCUT2D eigenvalue weighted by Gasteiger charge is 2.40. The van der Waals surface area contributed by atoms with Gasteiger partial charge in [0.15, 0.2) is 11.5 Å². The molecule has 0 saturated heterocycles. The number of fused-ring (bicyclic) bond motifs is 3. The van der Waals surface area contributed by atoms with Crippen molar-refractivity contribution < 1.29 is 17.9 Å². The number of hydrogen-bond acceptors (Lipinski definition) is 7. The lowest BCUT2D eigenvalue weighted by Crippen LogP contribution is -2.29. The van der Waals surface area contributed by atoms with Gasteiger partial charge in [0.1, 0.15) is 11.6 Å². The second-order valence-corrected chi connectivity index (χ2v) is 12.3. The highest BCUT2D eigenvalue weighted by atomic mass is 32.2. The maximum atomic E-state index is 13.5. The summed E-state index contributed by atoms with van der Waals surface area (Å²) in [5.74, 6) is 2.73. The molecule has 39 heavy (non-hydrogen) atoms. The van der Waals surface area contributed by atoms with Crippen molar-refractivity contribution in [2.45, 2.75) is 63.1 Å². The first kappa shape index (κ1) is 25.8. The van der Waals surface area contributed by atoms with E-state index in [0.717, 1.165) is 47.7 Å². The van der Waals surface area contributed by atoms with Gasteiger partial charge in [-0.1, -0.05) is 43.2 Å². The number of sulfonamides is 1. The van der Waals surface area contributed by atoms with E-state index in [-0.39, 0.29) is 16.9 Å². The molecule has 0 radical (unpaired) electrons. The molecule has 10 heteroatoms. The van der Waals surface area contributed by atoms with Gasteiger partial charge in [0.25, 0.3) is 10.0 Å². The third kappa shape index (κ3) is 4.65. The van der Waals surface area contributed by atoms with Gasteiger partial charge in [-0.2, -0.15) is 0 Å². The Labute approximate surface area is 228 Å². The predicted octanol–water partition coefficient (Wildman–Crippen LogP) is 4.68. The van der Waals surface area contributed by atoms with E-state index in [2.05, 4.69) is 22.1 Å². The van der Waals surface area contributed by atoms with Crippen LogP contribution in [0.1, 0.15) is 54.7 Å². The summed E-state index contributed by atoms with van der Waals surface area (Å²) in [6.45, 7) is 5.03. The van der Waals surface area contributed by atoms with E-state index in [4.69, 9.17) is 9.47 Å². The maximum absolute atomic E-state index is 13.5. The van der Waals surface area contributed by atoms with Crippen molar-refractivity contribution in [3.05, 3.63) is 77.4 Å². The van der Waals surface area contributed by atoms with E-state index < -0.39 is 10.0 Å². The van der Waals surface area contributed by atoms with Crippen LogP contribution in [0.15, 0.2) is 59.6 Å². The zero-order valence-electron chi connectivity index (χ0n) is 22.4. The Balaban J connectivity index is 1.27. The van der Waals surface area contributed by atoms with Gasteiger partial charge in [-0.3, -0.25) is 4.40 Å². The molecule has 4 aromatic rings. The smallest absolute Gasteiger partial charge is 0.265 e. The largest absolute Gasteiger partial charge is 0.497 e. The van der Waals surface area contributed by atoms with Crippen molar-refractivity contribution in [2.24, 2.45) is 5.92 Å². The summed E-state index contributed by atoms with van der Waals surface area (Å²) < 4.78 is 42.1. The van der Waals surface area contributed by atoms with Gasteiger partial charge in [0.2, 0.25) is 0 Å². The number of ether oxygens (including phenoxy) is 2. The lowest BCUT2D eigenvalue weighted by Gasteiger charge is -2.19. The van der Waals surface area contributed by atoms with E-state index in [1.54, 1.807) is 25.4 Å². The average Bonchev–Trinajstić information content (AvgIpc) is 3.68. The number of rotatable bonds is 8. The Morgan fingerprint density at radius 1 is 1.03 bits per heavy atom. The molecule has 1 aliphatic carbocycles. The first-order valence-corrected chi connectivity index (χ1v) is 14.9. The molecule has 0 bridgehead atoms. The number of methoxy groups -OCH3 is 1. The molecule has 0 spiro atoms. The number of anilines is 1. The Hall–Kier alpha value is -3.50. The van der Waals surface area contributed by atoms with Crippen molar-refractivity contribution in [3.8, 4) is 5.75 Å². The molecule has 2 aromatic carbocycles.